The number of carbonyl (C=O) groups is 3. The van der Waals surface area contributed by atoms with Crippen LogP contribution in [0.4, 0.5) is 22.6 Å². The predicted molar refractivity (Wildman–Crippen MR) is 102 cm³/mol. The molecule has 0 bridgehead atoms. The molecule has 0 aliphatic rings. The zero-order chi connectivity index (χ0) is 23.3. The van der Waals surface area contributed by atoms with Gasteiger partial charge in [0.05, 0.1) is 18.8 Å². The second kappa shape index (κ2) is 10.4. The maximum absolute atomic E-state index is 13.1. The first-order chi connectivity index (χ1) is 14.6. The number of alkyl halides is 4. The topological polar surface area (TPSA) is 99.5 Å². The first kappa shape index (κ1) is 24.3. The molecule has 0 unspecified atom stereocenters. The van der Waals surface area contributed by atoms with Crippen molar-refractivity contribution in [3.63, 3.8) is 0 Å². The van der Waals surface area contributed by atoms with E-state index < -0.39 is 48.6 Å². The Kier molecular flexibility index (Phi) is 8.14. The van der Waals surface area contributed by atoms with Crippen molar-refractivity contribution < 1.29 is 41.4 Å². The summed E-state index contributed by atoms with van der Waals surface area (Å²) in [6, 6.07) is 0.515. The van der Waals surface area contributed by atoms with Gasteiger partial charge in [-0.15, -0.1) is 11.3 Å². The number of amides is 1. The van der Waals surface area contributed by atoms with E-state index in [1.54, 1.807) is 13.8 Å². The molecule has 31 heavy (non-hydrogen) atoms. The number of anilines is 1. The second-order valence-corrected chi connectivity index (χ2v) is 7.02. The van der Waals surface area contributed by atoms with E-state index in [4.69, 9.17) is 9.47 Å². The molecule has 0 aliphatic carbocycles. The summed E-state index contributed by atoms with van der Waals surface area (Å²) in [5.41, 5.74) is -1.63. The van der Waals surface area contributed by atoms with Crippen molar-refractivity contribution in [1.82, 2.24) is 9.78 Å². The number of halogens is 4. The van der Waals surface area contributed by atoms with Crippen LogP contribution < -0.4 is 5.32 Å². The van der Waals surface area contributed by atoms with Gasteiger partial charge in [0.25, 0.3) is 12.9 Å². The molecule has 8 nitrogen and oxygen atoms in total. The van der Waals surface area contributed by atoms with E-state index in [1.807, 2.05) is 0 Å². The Morgan fingerprint density at radius 3 is 2.26 bits per heavy atom. The van der Waals surface area contributed by atoms with Crippen molar-refractivity contribution in [2.45, 2.75) is 40.2 Å². The number of hydrogen-bond donors (Lipinski definition) is 1. The molecule has 1 amide bonds. The van der Waals surface area contributed by atoms with Crippen molar-refractivity contribution in [2.75, 3.05) is 18.5 Å². The lowest BCUT2D eigenvalue weighted by Gasteiger charge is -2.09. The van der Waals surface area contributed by atoms with E-state index in [2.05, 4.69) is 10.4 Å². The Morgan fingerprint density at radius 1 is 1.10 bits per heavy atom. The normalized spacial score (nSPS) is 11.1. The minimum absolute atomic E-state index is 0.0255. The Hall–Kier alpha value is -2.96. The van der Waals surface area contributed by atoms with E-state index in [-0.39, 0.29) is 34.2 Å². The van der Waals surface area contributed by atoms with Crippen molar-refractivity contribution in [3.05, 3.63) is 33.5 Å². The molecular formula is C18H19F4N3O5S. The molecule has 0 aromatic carbocycles. The zero-order valence-electron chi connectivity index (χ0n) is 16.7. The molecule has 0 aliphatic heterocycles. The number of nitrogens with one attached hydrogen (secondary N) is 1. The lowest BCUT2D eigenvalue weighted by molar-refractivity contribution is -0.117. The molecule has 0 radical (unpaired) electrons. The molecule has 170 valence electrons. The molecule has 2 heterocycles. The van der Waals surface area contributed by atoms with Gasteiger partial charge in [-0.3, -0.25) is 9.48 Å². The largest absolute Gasteiger partial charge is 0.462 e. The number of aromatic nitrogens is 2. The smallest absolute Gasteiger partial charge is 0.348 e. The van der Waals surface area contributed by atoms with Crippen molar-refractivity contribution in [2.24, 2.45) is 0 Å². The number of carbonyl (C=O) groups excluding carboxylic acids is 3. The summed E-state index contributed by atoms with van der Waals surface area (Å²) in [7, 11) is 0. The van der Waals surface area contributed by atoms with Gasteiger partial charge in [-0.1, -0.05) is 0 Å². The van der Waals surface area contributed by atoms with Gasteiger partial charge in [0.2, 0.25) is 5.91 Å². The van der Waals surface area contributed by atoms with Crippen molar-refractivity contribution in [1.29, 1.82) is 0 Å². The molecule has 2 aromatic heterocycles. The highest BCUT2D eigenvalue weighted by Gasteiger charge is 2.28. The third-order valence-electron chi connectivity index (χ3n) is 3.91. The number of thiophene rings is 1. The number of esters is 2. The zero-order valence-corrected chi connectivity index (χ0v) is 17.5. The van der Waals surface area contributed by atoms with Crippen LogP contribution in [0.15, 0.2) is 6.07 Å². The SMILES string of the molecule is CCOC(=O)c1sc(NC(=O)Cn2nc(C(F)F)cc2C(F)F)c(C(=O)OCC)c1C. The summed E-state index contributed by atoms with van der Waals surface area (Å²) in [4.78, 5) is 36.9. The highest BCUT2D eigenvalue weighted by atomic mass is 32.1. The fraction of sp³-hybridized carbons (Fsp3) is 0.444. The van der Waals surface area contributed by atoms with Crippen LogP contribution in [-0.4, -0.2) is 40.8 Å². The van der Waals surface area contributed by atoms with Gasteiger partial charge in [0.15, 0.2) is 0 Å². The predicted octanol–water partition coefficient (Wildman–Crippen LogP) is 4.12. The van der Waals surface area contributed by atoms with Crippen LogP contribution >= 0.6 is 11.3 Å². The van der Waals surface area contributed by atoms with E-state index in [0.29, 0.717) is 10.7 Å². The van der Waals surface area contributed by atoms with Crippen molar-refractivity contribution >= 4 is 34.2 Å². The summed E-state index contributed by atoms with van der Waals surface area (Å²) in [6.45, 7) is 3.90. The molecule has 0 fully saturated rings. The van der Waals surface area contributed by atoms with Crippen LogP contribution in [0.2, 0.25) is 0 Å². The summed E-state index contributed by atoms with van der Waals surface area (Å²) in [5, 5.41) is 5.61. The minimum Gasteiger partial charge on any atom is -0.462 e. The van der Waals surface area contributed by atoms with Crippen LogP contribution in [-0.2, 0) is 20.8 Å². The van der Waals surface area contributed by atoms with E-state index in [9.17, 15) is 31.9 Å². The summed E-state index contributed by atoms with van der Waals surface area (Å²) in [6.07, 6.45) is -6.23. The third kappa shape index (κ3) is 5.60. The Bertz CT molecular complexity index is 974. The Balaban J connectivity index is 2.35. The van der Waals surface area contributed by atoms with Gasteiger partial charge in [0.1, 0.15) is 27.8 Å². The molecule has 13 heteroatoms. The summed E-state index contributed by atoms with van der Waals surface area (Å²) < 4.78 is 62.1. The van der Waals surface area contributed by atoms with E-state index >= 15 is 0 Å². The lowest BCUT2D eigenvalue weighted by atomic mass is 10.1. The lowest BCUT2D eigenvalue weighted by Crippen LogP contribution is -2.22. The maximum atomic E-state index is 13.1. The van der Waals surface area contributed by atoms with Gasteiger partial charge < -0.3 is 14.8 Å². The molecular weight excluding hydrogens is 446 g/mol. The standard InChI is InChI=1S/C18H19F4N3O5S/c1-4-29-17(27)12-8(3)13(18(28)30-5-2)31-16(12)23-11(26)7-25-10(15(21)22)6-9(24-25)14(19)20/h6,14-15H,4-5,7H2,1-3H3,(H,23,26). The molecule has 1 N–H and O–H groups in total. The van der Waals surface area contributed by atoms with Gasteiger partial charge >= 0.3 is 11.9 Å². The number of rotatable bonds is 9. The maximum Gasteiger partial charge on any atom is 0.348 e. The van der Waals surface area contributed by atoms with Crippen LogP contribution in [0.25, 0.3) is 0 Å². The first-order valence-electron chi connectivity index (χ1n) is 9.01. The van der Waals surface area contributed by atoms with Crippen LogP contribution in [0, 0.1) is 6.92 Å². The molecule has 0 saturated heterocycles. The van der Waals surface area contributed by atoms with Crippen molar-refractivity contribution in [3.8, 4) is 0 Å². The fourth-order valence-electron chi connectivity index (χ4n) is 2.61. The number of nitrogens with zero attached hydrogens (tertiary/aromatic N) is 2. The van der Waals surface area contributed by atoms with Gasteiger partial charge in [-0.05, 0) is 32.4 Å². The van der Waals surface area contributed by atoms with Crippen LogP contribution in [0.3, 0.4) is 0 Å². The number of ether oxygens (including phenoxy) is 2. The van der Waals surface area contributed by atoms with Gasteiger partial charge in [-0.2, -0.15) is 5.10 Å². The second-order valence-electron chi connectivity index (χ2n) is 6.00. The minimum atomic E-state index is -3.14. The van der Waals surface area contributed by atoms with E-state index in [0.717, 1.165) is 11.3 Å². The summed E-state index contributed by atoms with van der Waals surface area (Å²) in [5.74, 6) is -2.45. The monoisotopic (exact) mass is 465 g/mol. The van der Waals surface area contributed by atoms with Crippen LogP contribution in [0.1, 0.15) is 63.7 Å². The van der Waals surface area contributed by atoms with E-state index in [1.165, 1.54) is 6.92 Å². The molecule has 0 atom stereocenters. The molecule has 2 aromatic rings. The highest BCUT2D eigenvalue weighted by Crippen LogP contribution is 2.34. The fourth-order valence-corrected chi connectivity index (χ4v) is 3.71. The molecule has 0 saturated carbocycles. The Labute approximate surface area is 178 Å². The summed E-state index contributed by atoms with van der Waals surface area (Å²) >= 11 is 0.743. The average molecular weight is 465 g/mol. The highest BCUT2D eigenvalue weighted by molar-refractivity contribution is 7.18. The van der Waals surface area contributed by atoms with Gasteiger partial charge in [0, 0.05) is 0 Å². The molecule has 2 rings (SSSR count). The quantitative estimate of drug-likeness (QED) is 0.442. The average Bonchev–Trinajstić information content (AvgIpc) is 3.23. The Morgan fingerprint density at radius 2 is 1.71 bits per heavy atom. The number of hydrogen-bond acceptors (Lipinski definition) is 7. The third-order valence-corrected chi connectivity index (χ3v) is 5.10. The van der Waals surface area contributed by atoms with Gasteiger partial charge in [-0.25, -0.2) is 27.2 Å². The van der Waals surface area contributed by atoms with Crippen LogP contribution in [0.5, 0.6) is 0 Å². The molecule has 0 spiro atoms. The first-order valence-corrected chi connectivity index (χ1v) is 9.83.